The number of hydrogen-bond acceptors (Lipinski definition) is 5. The number of amides is 1. The molecule has 0 spiro atoms. The molecule has 0 saturated carbocycles. The van der Waals surface area contributed by atoms with Crippen LogP contribution < -0.4 is 5.73 Å². The van der Waals surface area contributed by atoms with E-state index in [0.29, 0.717) is 12.8 Å². The second-order valence-electron chi connectivity index (χ2n) is 6.13. The van der Waals surface area contributed by atoms with Crippen LogP contribution in [0, 0.1) is 5.92 Å². The van der Waals surface area contributed by atoms with Crippen molar-refractivity contribution < 1.29 is 22.8 Å². The maximum atomic E-state index is 12.1. The molecule has 142 valence electrons. The standard InChI is InChI=1S/C18H29NO5S/c1-5-18(22)24-25(23)12-15(4)16(20)10-9-13(2)7-6-8-14(3)11-17(19)21/h7,11,15H,5-6,8-10,12H2,1-4H3,(H2,19,21). The van der Waals surface area contributed by atoms with E-state index in [0.717, 1.165) is 24.0 Å². The van der Waals surface area contributed by atoms with Crippen molar-refractivity contribution in [1.29, 1.82) is 0 Å². The van der Waals surface area contributed by atoms with Crippen molar-refractivity contribution in [3.63, 3.8) is 0 Å². The van der Waals surface area contributed by atoms with Gasteiger partial charge in [0.1, 0.15) is 5.78 Å². The Morgan fingerprint density at radius 2 is 1.76 bits per heavy atom. The quantitative estimate of drug-likeness (QED) is 0.420. The molecule has 1 amide bonds. The molecular formula is C18H29NO5S. The lowest BCUT2D eigenvalue weighted by atomic mass is 10.0. The van der Waals surface area contributed by atoms with Crippen LogP contribution in [0.4, 0.5) is 0 Å². The third-order valence-electron chi connectivity index (χ3n) is 3.60. The van der Waals surface area contributed by atoms with Crippen LogP contribution >= 0.6 is 0 Å². The summed E-state index contributed by atoms with van der Waals surface area (Å²) in [4.78, 5) is 33.9. The molecule has 0 aromatic heterocycles. The minimum Gasteiger partial charge on any atom is -0.366 e. The van der Waals surface area contributed by atoms with Crippen molar-refractivity contribution >= 4 is 28.7 Å². The molecule has 0 radical (unpaired) electrons. The zero-order chi connectivity index (χ0) is 19.4. The fourth-order valence-corrected chi connectivity index (χ4v) is 3.01. The topological polar surface area (TPSA) is 104 Å². The second-order valence-corrected chi connectivity index (χ2v) is 7.24. The van der Waals surface area contributed by atoms with Crippen molar-refractivity contribution in [2.45, 2.75) is 59.8 Å². The Balaban J connectivity index is 4.21. The summed E-state index contributed by atoms with van der Waals surface area (Å²) < 4.78 is 16.3. The minimum atomic E-state index is -1.76. The van der Waals surface area contributed by atoms with Gasteiger partial charge in [0.15, 0.2) is 0 Å². The summed E-state index contributed by atoms with van der Waals surface area (Å²) in [5.74, 6) is -1.36. The zero-order valence-electron chi connectivity index (χ0n) is 15.5. The van der Waals surface area contributed by atoms with Crippen LogP contribution in [-0.2, 0) is 29.6 Å². The molecule has 0 saturated heterocycles. The molecule has 2 unspecified atom stereocenters. The van der Waals surface area contributed by atoms with E-state index in [2.05, 4.69) is 4.18 Å². The Hall–Kier alpha value is -1.76. The summed E-state index contributed by atoms with van der Waals surface area (Å²) in [5, 5.41) is 0. The maximum Gasteiger partial charge on any atom is 0.319 e. The Labute approximate surface area is 152 Å². The number of primary amides is 1. The third-order valence-corrected chi connectivity index (χ3v) is 4.74. The first kappa shape index (κ1) is 23.2. The molecule has 0 rings (SSSR count). The third kappa shape index (κ3) is 12.3. The number of ketones is 1. The average molecular weight is 371 g/mol. The lowest BCUT2D eigenvalue weighted by Crippen LogP contribution is -2.20. The van der Waals surface area contributed by atoms with Gasteiger partial charge in [-0.25, -0.2) is 4.21 Å². The van der Waals surface area contributed by atoms with Gasteiger partial charge in [-0.3, -0.25) is 14.4 Å². The average Bonchev–Trinajstić information content (AvgIpc) is 2.51. The van der Waals surface area contributed by atoms with Crippen LogP contribution in [0.1, 0.15) is 59.8 Å². The van der Waals surface area contributed by atoms with Crippen LogP contribution in [-0.4, -0.2) is 27.6 Å². The molecule has 7 heteroatoms. The number of carbonyl (C=O) groups is 3. The molecule has 25 heavy (non-hydrogen) atoms. The number of nitrogens with two attached hydrogens (primary N) is 1. The summed E-state index contributed by atoms with van der Waals surface area (Å²) in [6.07, 6.45) is 6.12. The predicted octanol–water partition coefficient (Wildman–Crippen LogP) is 2.75. The van der Waals surface area contributed by atoms with E-state index in [1.54, 1.807) is 13.8 Å². The maximum absolute atomic E-state index is 12.1. The van der Waals surface area contributed by atoms with Crippen molar-refractivity contribution in [3.8, 4) is 0 Å². The van der Waals surface area contributed by atoms with Gasteiger partial charge in [0.2, 0.25) is 17.0 Å². The van der Waals surface area contributed by atoms with Crippen LogP contribution in [0.2, 0.25) is 0 Å². The van der Waals surface area contributed by atoms with Crippen molar-refractivity contribution in [2.24, 2.45) is 11.7 Å². The van der Waals surface area contributed by atoms with E-state index in [4.69, 9.17) is 5.73 Å². The minimum absolute atomic E-state index is 0.00143. The van der Waals surface area contributed by atoms with Gasteiger partial charge in [0, 0.05) is 24.8 Å². The lowest BCUT2D eigenvalue weighted by Gasteiger charge is -2.10. The first-order valence-electron chi connectivity index (χ1n) is 8.40. The summed E-state index contributed by atoms with van der Waals surface area (Å²) in [6, 6.07) is 0. The highest BCUT2D eigenvalue weighted by Gasteiger charge is 2.18. The second kappa shape index (κ2) is 12.6. The number of Topliss-reactive ketones (excluding diaryl/α,β-unsaturated/α-hetero) is 1. The highest BCUT2D eigenvalue weighted by molar-refractivity contribution is 7.80. The first-order valence-corrected chi connectivity index (χ1v) is 9.64. The monoisotopic (exact) mass is 371 g/mol. The van der Waals surface area contributed by atoms with Gasteiger partial charge >= 0.3 is 5.97 Å². The Bertz CT molecular complexity index is 566. The molecular weight excluding hydrogens is 342 g/mol. The molecule has 0 aromatic carbocycles. The highest BCUT2D eigenvalue weighted by atomic mass is 32.2. The van der Waals surface area contributed by atoms with Crippen LogP contribution in [0.3, 0.4) is 0 Å². The number of rotatable bonds is 12. The molecule has 0 bridgehead atoms. The van der Waals surface area contributed by atoms with Gasteiger partial charge in [-0.15, -0.1) is 0 Å². The summed E-state index contributed by atoms with van der Waals surface area (Å²) in [6.45, 7) is 7.11. The SMILES string of the molecule is CCC(=O)OS(=O)CC(C)C(=O)CCC(C)=CCCC(C)=CC(N)=O. The summed E-state index contributed by atoms with van der Waals surface area (Å²) in [5.41, 5.74) is 7.10. The summed E-state index contributed by atoms with van der Waals surface area (Å²) in [7, 11) is 0. The molecule has 6 nitrogen and oxygen atoms in total. The van der Waals surface area contributed by atoms with E-state index in [-0.39, 0.29) is 18.0 Å². The fraction of sp³-hybridized carbons (Fsp3) is 0.611. The molecule has 0 aliphatic carbocycles. The first-order chi connectivity index (χ1) is 11.6. The summed E-state index contributed by atoms with van der Waals surface area (Å²) >= 11 is -1.76. The van der Waals surface area contributed by atoms with Crippen LogP contribution in [0.25, 0.3) is 0 Å². The smallest absolute Gasteiger partial charge is 0.319 e. The molecule has 0 aliphatic rings. The van der Waals surface area contributed by atoms with Crippen molar-refractivity contribution in [3.05, 3.63) is 23.3 Å². The lowest BCUT2D eigenvalue weighted by molar-refractivity contribution is -0.133. The zero-order valence-corrected chi connectivity index (χ0v) is 16.3. The highest BCUT2D eigenvalue weighted by Crippen LogP contribution is 2.13. The van der Waals surface area contributed by atoms with E-state index in [9.17, 15) is 18.6 Å². The number of carbonyl (C=O) groups excluding carboxylic acids is 3. The Kier molecular flexibility index (Phi) is 11.7. The molecule has 0 fully saturated rings. The molecule has 2 N–H and O–H groups in total. The van der Waals surface area contributed by atoms with Gasteiger partial charge in [-0.1, -0.05) is 31.1 Å². The van der Waals surface area contributed by atoms with Crippen molar-refractivity contribution in [1.82, 2.24) is 0 Å². The van der Waals surface area contributed by atoms with E-state index in [1.165, 1.54) is 6.08 Å². The van der Waals surface area contributed by atoms with Gasteiger partial charge < -0.3 is 9.92 Å². The molecule has 0 heterocycles. The molecule has 2 atom stereocenters. The predicted molar refractivity (Wildman–Crippen MR) is 98.7 cm³/mol. The largest absolute Gasteiger partial charge is 0.366 e. The van der Waals surface area contributed by atoms with Gasteiger partial charge in [0.05, 0.1) is 5.75 Å². The van der Waals surface area contributed by atoms with Crippen molar-refractivity contribution in [2.75, 3.05) is 5.75 Å². The van der Waals surface area contributed by atoms with E-state index in [1.807, 2.05) is 19.9 Å². The normalized spacial score (nSPS) is 14.7. The Morgan fingerprint density at radius 3 is 2.32 bits per heavy atom. The number of allylic oxidation sites excluding steroid dienone is 3. The van der Waals surface area contributed by atoms with E-state index >= 15 is 0 Å². The van der Waals surface area contributed by atoms with Gasteiger partial charge in [-0.2, -0.15) is 0 Å². The van der Waals surface area contributed by atoms with Gasteiger partial charge in [0.25, 0.3) is 0 Å². The van der Waals surface area contributed by atoms with Crippen LogP contribution in [0.15, 0.2) is 23.3 Å². The van der Waals surface area contributed by atoms with Gasteiger partial charge in [-0.05, 0) is 33.1 Å². The van der Waals surface area contributed by atoms with Crippen LogP contribution in [0.5, 0.6) is 0 Å². The Morgan fingerprint density at radius 1 is 1.12 bits per heavy atom. The number of hydrogen-bond donors (Lipinski definition) is 1. The molecule has 0 aliphatic heterocycles. The fourth-order valence-electron chi connectivity index (χ4n) is 2.02. The van der Waals surface area contributed by atoms with E-state index < -0.39 is 28.9 Å². The molecule has 0 aromatic rings.